The molecule has 0 bridgehead atoms. The van der Waals surface area contributed by atoms with E-state index in [-0.39, 0.29) is 17.7 Å². The molecule has 2 unspecified atom stereocenters. The molecular weight excluding hydrogens is 288 g/mol. The van der Waals surface area contributed by atoms with Crippen molar-refractivity contribution in [3.63, 3.8) is 0 Å². The van der Waals surface area contributed by atoms with Crippen molar-refractivity contribution in [2.75, 3.05) is 24.5 Å². The van der Waals surface area contributed by atoms with Crippen LogP contribution in [0.1, 0.15) is 37.3 Å². The lowest BCUT2D eigenvalue weighted by atomic mass is 9.98. The summed E-state index contributed by atoms with van der Waals surface area (Å²) in [4.78, 5) is 28.9. The molecule has 1 aromatic rings. The van der Waals surface area contributed by atoms with Crippen LogP contribution in [0.15, 0.2) is 18.2 Å². The molecule has 0 N–H and O–H groups in total. The summed E-state index contributed by atoms with van der Waals surface area (Å²) < 4.78 is 0. The quantitative estimate of drug-likeness (QED) is 0.842. The molecule has 2 aliphatic rings. The highest BCUT2D eigenvalue weighted by Crippen LogP contribution is 2.29. The second-order valence-electron chi connectivity index (χ2n) is 7.28. The molecular formula is C19H26N2O2. The number of hydrogen-bond donors (Lipinski definition) is 0. The number of carbonyl (C=O) groups is 2. The third kappa shape index (κ3) is 3.41. The summed E-state index contributed by atoms with van der Waals surface area (Å²) in [6.45, 7) is 8.47. The molecule has 124 valence electrons. The lowest BCUT2D eigenvalue weighted by molar-refractivity contribution is -0.137. The van der Waals surface area contributed by atoms with Crippen LogP contribution >= 0.6 is 0 Å². The van der Waals surface area contributed by atoms with Crippen molar-refractivity contribution in [1.29, 1.82) is 0 Å². The highest BCUT2D eigenvalue weighted by molar-refractivity contribution is 6.00. The average molecular weight is 314 g/mol. The predicted molar refractivity (Wildman–Crippen MR) is 91.4 cm³/mol. The molecule has 2 fully saturated rings. The van der Waals surface area contributed by atoms with Crippen LogP contribution in [0.5, 0.6) is 0 Å². The number of hydrogen-bond acceptors (Lipinski definition) is 2. The lowest BCUT2D eigenvalue weighted by Gasteiger charge is -2.32. The van der Waals surface area contributed by atoms with Crippen molar-refractivity contribution >= 4 is 17.5 Å². The summed E-state index contributed by atoms with van der Waals surface area (Å²) in [6, 6.07) is 6.16. The van der Waals surface area contributed by atoms with Gasteiger partial charge in [0.25, 0.3) is 0 Å². The molecule has 4 nitrogen and oxygen atoms in total. The van der Waals surface area contributed by atoms with E-state index >= 15 is 0 Å². The van der Waals surface area contributed by atoms with Gasteiger partial charge in [-0.2, -0.15) is 0 Å². The average Bonchev–Trinajstić information content (AvgIpc) is 2.87. The Balaban J connectivity index is 1.73. The SMILES string of the molecule is Cc1cc(C)cc(N2CC(C(=O)N3CCCC(C)C3)CC2=O)c1. The molecule has 3 rings (SSSR count). The number of nitrogens with zero attached hydrogens (tertiary/aromatic N) is 2. The molecule has 0 saturated carbocycles. The van der Waals surface area contributed by atoms with Crippen LogP contribution in [0.3, 0.4) is 0 Å². The van der Waals surface area contributed by atoms with E-state index in [4.69, 9.17) is 0 Å². The molecule has 2 aliphatic heterocycles. The summed E-state index contributed by atoms with van der Waals surface area (Å²) >= 11 is 0. The van der Waals surface area contributed by atoms with E-state index in [1.165, 1.54) is 6.42 Å². The first-order valence-electron chi connectivity index (χ1n) is 8.61. The first-order chi connectivity index (χ1) is 10.9. The van der Waals surface area contributed by atoms with Crippen LogP contribution in [0.2, 0.25) is 0 Å². The number of likely N-dealkylation sites (tertiary alicyclic amines) is 1. The first kappa shape index (κ1) is 16.0. The van der Waals surface area contributed by atoms with Gasteiger partial charge in [-0.1, -0.05) is 13.0 Å². The van der Waals surface area contributed by atoms with Crippen molar-refractivity contribution < 1.29 is 9.59 Å². The number of benzene rings is 1. The Kier molecular flexibility index (Phi) is 4.42. The molecule has 23 heavy (non-hydrogen) atoms. The van der Waals surface area contributed by atoms with Crippen molar-refractivity contribution in [3.05, 3.63) is 29.3 Å². The Morgan fingerprint density at radius 3 is 2.48 bits per heavy atom. The summed E-state index contributed by atoms with van der Waals surface area (Å²) in [5.74, 6) is 0.615. The molecule has 0 spiro atoms. The Labute approximate surface area is 138 Å². The van der Waals surface area contributed by atoms with E-state index in [1.54, 1.807) is 4.90 Å². The molecule has 2 saturated heterocycles. The van der Waals surface area contributed by atoms with Crippen LogP contribution in [0.4, 0.5) is 5.69 Å². The van der Waals surface area contributed by atoms with Crippen molar-refractivity contribution in [2.24, 2.45) is 11.8 Å². The zero-order valence-corrected chi connectivity index (χ0v) is 14.3. The van der Waals surface area contributed by atoms with Crippen LogP contribution in [-0.4, -0.2) is 36.3 Å². The number of carbonyl (C=O) groups excluding carboxylic acids is 2. The Morgan fingerprint density at radius 2 is 1.83 bits per heavy atom. The van der Waals surface area contributed by atoms with Gasteiger partial charge in [0.15, 0.2) is 0 Å². The topological polar surface area (TPSA) is 40.6 Å². The van der Waals surface area contributed by atoms with E-state index in [0.717, 1.165) is 36.3 Å². The van der Waals surface area contributed by atoms with E-state index < -0.39 is 0 Å². The molecule has 2 heterocycles. The number of anilines is 1. The highest BCUT2D eigenvalue weighted by atomic mass is 16.2. The molecule has 2 amide bonds. The zero-order chi connectivity index (χ0) is 16.6. The van der Waals surface area contributed by atoms with Gasteiger partial charge >= 0.3 is 0 Å². The van der Waals surface area contributed by atoms with Crippen LogP contribution in [0.25, 0.3) is 0 Å². The third-order valence-corrected chi connectivity index (χ3v) is 4.96. The number of aryl methyl sites for hydroxylation is 2. The minimum atomic E-state index is -0.186. The van der Waals surface area contributed by atoms with Crippen LogP contribution in [0, 0.1) is 25.7 Å². The first-order valence-corrected chi connectivity index (χ1v) is 8.61. The fourth-order valence-corrected chi connectivity index (χ4v) is 3.88. The maximum absolute atomic E-state index is 12.7. The van der Waals surface area contributed by atoms with Crippen molar-refractivity contribution in [1.82, 2.24) is 4.90 Å². The summed E-state index contributed by atoms with van der Waals surface area (Å²) in [6.07, 6.45) is 2.62. The second kappa shape index (κ2) is 6.34. The Bertz CT molecular complexity index is 606. The monoisotopic (exact) mass is 314 g/mol. The van der Waals surface area contributed by atoms with Gasteiger partial charge in [0.2, 0.25) is 11.8 Å². The molecule has 0 aliphatic carbocycles. The van der Waals surface area contributed by atoms with E-state index in [0.29, 0.717) is 18.9 Å². The molecule has 0 aromatic heterocycles. The molecule has 1 aromatic carbocycles. The predicted octanol–water partition coefficient (Wildman–Crippen LogP) is 2.91. The Hall–Kier alpha value is -1.84. The minimum Gasteiger partial charge on any atom is -0.342 e. The highest BCUT2D eigenvalue weighted by Gasteiger charge is 2.38. The van der Waals surface area contributed by atoms with Gasteiger partial charge in [0.1, 0.15) is 0 Å². The number of piperidine rings is 1. The third-order valence-electron chi connectivity index (χ3n) is 4.96. The molecule has 0 radical (unpaired) electrons. The maximum Gasteiger partial charge on any atom is 0.228 e. The summed E-state index contributed by atoms with van der Waals surface area (Å²) in [5.41, 5.74) is 3.22. The fourth-order valence-electron chi connectivity index (χ4n) is 3.88. The van der Waals surface area contributed by atoms with Gasteiger partial charge in [-0.3, -0.25) is 9.59 Å². The van der Waals surface area contributed by atoms with Gasteiger partial charge in [0, 0.05) is 31.7 Å². The van der Waals surface area contributed by atoms with Crippen LogP contribution in [-0.2, 0) is 9.59 Å². The molecule has 4 heteroatoms. The smallest absolute Gasteiger partial charge is 0.228 e. The number of rotatable bonds is 2. The van der Waals surface area contributed by atoms with Crippen LogP contribution < -0.4 is 4.90 Å². The summed E-state index contributed by atoms with van der Waals surface area (Å²) in [5, 5.41) is 0. The zero-order valence-electron chi connectivity index (χ0n) is 14.3. The normalized spacial score (nSPS) is 25.1. The number of amides is 2. The van der Waals surface area contributed by atoms with E-state index in [2.05, 4.69) is 13.0 Å². The van der Waals surface area contributed by atoms with Crippen molar-refractivity contribution in [3.8, 4) is 0 Å². The van der Waals surface area contributed by atoms with Gasteiger partial charge in [-0.15, -0.1) is 0 Å². The van der Waals surface area contributed by atoms with E-state index in [1.807, 2.05) is 30.9 Å². The van der Waals surface area contributed by atoms with Crippen molar-refractivity contribution in [2.45, 2.75) is 40.0 Å². The van der Waals surface area contributed by atoms with Gasteiger partial charge in [-0.05, 0) is 55.9 Å². The molecule has 2 atom stereocenters. The largest absolute Gasteiger partial charge is 0.342 e. The van der Waals surface area contributed by atoms with Gasteiger partial charge in [-0.25, -0.2) is 0 Å². The second-order valence-corrected chi connectivity index (χ2v) is 7.28. The van der Waals surface area contributed by atoms with Gasteiger partial charge in [0.05, 0.1) is 5.92 Å². The Morgan fingerprint density at radius 1 is 1.13 bits per heavy atom. The minimum absolute atomic E-state index is 0.0680. The standard InChI is InChI=1S/C19H26N2O2/c1-13-5-4-6-20(11-13)19(23)16-10-18(22)21(12-16)17-8-14(2)7-15(3)9-17/h7-9,13,16H,4-6,10-12H2,1-3H3. The van der Waals surface area contributed by atoms with Gasteiger partial charge < -0.3 is 9.80 Å². The maximum atomic E-state index is 12.7. The van der Waals surface area contributed by atoms with E-state index in [9.17, 15) is 9.59 Å². The summed E-state index contributed by atoms with van der Waals surface area (Å²) in [7, 11) is 0. The fraction of sp³-hybridized carbons (Fsp3) is 0.579. The lowest BCUT2D eigenvalue weighted by Crippen LogP contribution is -2.43.